The summed E-state index contributed by atoms with van der Waals surface area (Å²) in [6, 6.07) is 6.92. The van der Waals surface area contributed by atoms with E-state index in [4.69, 9.17) is 25.8 Å². The maximum absolute atomic E-state index is 12.7. The van der Waals surface area contributed by atoms with Crippen molar-refractivity contribution in [1.29, 1.82) is 0 Å². The lowest BCUT2D eigenvalue weighted by molar-refractivity contribution is -0.147. The summed E-state index contributed by atoms with van der Waals surface area (Å²) in [6.07, 6.45) is -2.35. The first-order valence-corrected chi connectivity index (χ1v) is 13.1. The second-order valence-electron chi connectivity index (χ2n) is 11.3. The standard InChI is InChI=1S/C28H38ClN3O8/c1-15(31-25(36)39-27(3,4)5)22(24(34)35)23(33)17-13-18(29)21(38-16(2)19-11-9-10-12-30-19)14-20(17)32-26(37)40-28(6,7)8/h9-16,22-23,33H,1-8H3,(H,31,36)(H,32,37)(H,34,35)/t15?,16-,22?,23?/m1/s1. The van der Waals surface area contributed by atoms with Gasteiger partial charge in [0.1, 0.15) is 29.0 Å². The number of halogens is 1. The van der Waals surface area contributed by atoms with Crippen molar-refractivity contribution in [1.82, 2.24) is 10.3 Å². The van der Waals surface area contributed by atoms with Crippen LogP contribution in [0.5, 0.6) is 5.75 Å². The second kappa shape index (κ2) is 13.2. The molecule has 11 nitrogen and oxygen atoms in total. The van der Waals surface area contributed by atoms with Crippen molar-refractivity contribution in [2.24, 2.45) is 5.92 Å². The lowest BCUT2D eigenvalue weighted by Crippen LogP contribution is -2.45. The number of aliphatic hydroxyl groups is 1. The summed E-state index contributed by atoms with van der Waals surface area (Å²) in [6.45, 7) is 13.2. The van der Waals surface area contributed by atoms with Crippen molar-refractivity contribution >= 4 is 35.4 Å². The number of aromatic nitrogens is 1. The molecule has 220 valence electrons. The SMILES string of the molecule is CC(NC(=O)OC(C)(C)C)C(C(=O)O)C(O)c1cc(Cl)c(O[C@H](C)c2ccccn2)cc1NC(=O)OC(C)(C)C. The zero-order chi connectivity index (χ0) is 30.4. The molecule has 2 amide bonds. The maximum Gasteiger partial charge on any atom is 0.412 e. The number of carboxylic acids is 1. The third kappa shape index (κ3) is 9.87. The van der Waals surface area contributed by atoms with E-state index in [-0.39, 0.29) is 22.0 Å². The summed E-state index contributed by atoms with van der Waals surface area (Å²) in [5, 5.41) is 26.3. The molecule has 0 spiro atoms. The van der Waals surface area contributed by atoms with Crippen molar-refractivity contribution in [2.75, 3.05) is 5.32 Å². The fraction of sp³-hybridized carbons (Fsp3) is 0.500. The quantitative estimate of drug-likeness (QED) is 0.285. The number of alkyl carbamates (subject to hydrolysis) is 1. The van der Waals surface area contributed by atoms with Crippen LogP contribution in [0.2, 0.25) is 5.02 Å². The summed E-state index contributed by atoms with van der Waals surface area (Å²) in [4.78, 5) is 41.5. The molecule has 0 saturated carbocycles. The van der Waals surface area contributed by atoms with Crippen molar-refractivity contribution in [3.05, 3.63) is 52.8 Å². The Balaban J connectivity index is 2.48. The predicted octanol–water partition coefficient (Wildman–Crippen LogP) is 5.87. The molecule has 0 saturated heterocycles. The van der Waals surface area contributed by atoms with E-state index in [1.54, 1.807) is 72.9 Å². The first kappa shape index (κ1) is 32.6. The molecule has 40 heavy (non-hydrogen) atoms. The Hall–Kier alpha value is -3.57. The summed E-state index contributed by atoms with van der Waals surface area (Å²) in [5.41, 5.74) is -1.06. The molecule has 0 aliphatic carbocycles. The Morgan fingerprint density at radius 2 is 1.57 bits per heavy atom. The highest BCUT2D eigenvalue weighted by Gasteiger charge is 2.37. The molecule has 0 aliphatic rings. The Labute approximate surface area is 239 Å². The van der Waals surface area contributed by atoms with E-state index in [1.807, 2.05) is 0 Å². The third-order valence-corrected chi connectivity index (χ3v) is 5.67. The van der Waals surface area contributed by atoms with Crippen LogP contribution in [0.15, 0.2) is 36.5 Å². The number of ether oxygens (including phenoxy) is 3. The number of carboxylic acid groups (broad SMARTS) is 1. The number of aliphatic hydroxyl groups excluding tert-OH is 1. The molecule has 0 radical (unpaired) electrons. The molecule has 4 atom stereocenters. The largest absolute Gasteiger partial charge is 0.483 e. The van der Waals surface area contributed by atoms with Crippen LogP contribution < -0.4 is 15.4 Å². The van der Waals surface area contributed by atoms with Crippen LogP contribution in [0, 0.1) is 5.92 Å². The van der Waals surface area contributed by atoms with E-state index in [1.165, 1.54) is 19.1 Å². The van der Waals surface area contributed by atoms with Gasteiger partial charge in [-0.05, 0) is 73.6 Å². The number of hydrogen-bond acceptors (Lipinski definition) is 8. The highest BCUT2D eigenvalue weighted by molar-refractivity contribution is 6.32. The minimum atomic E-state index is -1.73. The molecule has 2 aromatic rings. The third-order valence-electron chi connectivity index (χ3n) is 5.37. The molecule has 0 bridgehead atoms. The minimum absolute atomic E-state index is 0.00471. The van der Waals surface area contributed by atoms with Gasteiger partial charge in [0.15, 0.2) is 0 Å². The molecule has 2 rings (SSSR count). The first-order chi connectivity index (χ1) is 18.4. The summed E-state index contributed by atoms with van der Waals surface area (Å²) >= 11 is 6.50. The lowest BCUT2D eigenvalue weighted by Gasteiger charge is -2.29. The van der Waals surface area contributed by atoms with Crippen LogP contribution in [0.4, 0.5) is 15.3 Å². The molecular weight excluding hydrogens is 542 g/mol. The van der Waals surface area contributed by atoms with E-state index < -0.39 is 53.5 Å². The number of carbonyl (C=O) groups is 3. The van der Waals surface area contributed by atoms with Gasteiger partial charge in [0.05, 0.1) is 22.5 Å². The van der Waals surface area contributed by atoms with Gasteiger partial charge in [-0.1, -0.05) is 17.7 Å². The van der Waals surface area contributed by atoms with E-state index in [2.05, 4.69) is 15.6 Å². The molecule has 0 aliphatic heterocycles. The van der Waals surface area contributed by atoms with Crippen LogP contribution in [-0.2, 0) is 14.3 Å². The summed E-state index contributed by atoms with van der Waals surface area (Å²) in [5.74, 6) is -2.81. The van der Waals surface area contributed by atoms with Crippen LogP contribution >= 0.6 is 11.6 Å². The maximum atomic E-state index is 12.7. The summed E-state index contributed by atoms with van der Waals surface area (Å²) < 4.78 is 16.5. The smallest absolute Gasteiger partial charge is 0.412 e. The average Bonchev–Trinajstić information content (AvgIpc) is 2.78. The van der Waals surface area contributed by atoms with E-state index in [9.17, 15) is 24.6 Å². The highest BCUT2D eigenvalue weighted by atomic mass is 35.5. The number of nitrogens with one attached hydrogen (secondary N) is 2. The Bertz CT molecular complexity index is 1190. The monoisotopic (exact) mass is 579 g/mol. The van der Waals surface area contributed by atoms with Crippen LogP contribution in [0.25, 0.3) is 0 Å². The predicted molar refractivity (Wildman–Crippen MR) is 150 cm³/mol. The molecule has 1 aromatic carbocycles. The van der Waals surface area contributed by atoms with E-state index >= 15 is 0 Å². The fourth-order valence-corrected chi connectivity index (χ4v) is 3.91. The van der Waals surface area contributed by atoms with Gasteiger partial charge in [0.25, 0.3) is 0 Å². The molecule has 12 heteroatoms. The van der Waals surface area contributed by atoms with Gasteiger partial charge in [-0.25, -0.2) is 9.59 Å². The first-order valence-electron chi connectivity index (χ1n) is 12.7. The van der Waals surface area contributed by atoms with Crippen molar-refractivity contribution < 1.29 is 38.8 Å². The Morgan fingerprint density at radius 3 is 2.10 bits per heavy atom. The molecule has 1 heterocycles. The van der Waals surface area contributed by atoms with Crippen molar-refractivity contribution in [3.8, 4) is 5.75 Å². The minimum Gasteiger partial charge on any atom is -0.483 e. The number of amides is 2. The van der Waals surface area contributed by atoms with Gasteiger partial charge >= 0.3 is 18.2 Å². The number of anilines is 1. The van der Waals surface area contributed by atoms with E-state index in [0.29, 0.717) is 5.69 Å². The number of nitrogens with zero attached hydrogens (tertiary/aromatic N) is 1. The number of carbonyl (C=O) groups excluding carboxylic acids is 2. The molecule has 4 N–H and O–H groups in total. The van der Waals surface area contributed by atoms with Gasteiger partial charge < -0.3 is 29.7 Å². The van der Waals surface area contributed by atoms with E-state index in [0.717, 1.165) is 0 Å². The van der Waals surface area contributed by atoms with Crippen LogP contribution in [0.3, 0.4) is 0 Å². The molecule has 1 aromatic heterocycles. The number of aliphatic carboxylic acids is 1. The number of hydrogen-bond donors (Lipinski definition) is 4. The van der Waals surface area contributed by atoms with Gasteiger partial charge in [0, 0.05) is 23.9 Å². The number of rotatable bonds is 9. The lowest BCUT2D eigenvalue weighted by atomic mass is 9.89. The van der Waals surface area contributed by atoms with Gasteiger partial charge in [0.2, 0.25) is 0 Å². The van der Waals surface area contributed by atoms with Gasteiger partial charge in [-0.3, -0.25) is 15.1 Å². The second-order valence-corrected chi connectivity index (χ2v) is 11.7. The van der Waals surface area contributed by atoms with Gasteiger partial charge in [-0.15, -0.1) is 0 Å². The molecular formula is C28H38ClN3O8. The normalized spacial score (nSPS) is 14.8. The Kier molecular flexibility index (Phi) is 10.8. The van der Waals surface area contributed by atoms with Crippen LogP contribution in [0.1, 0.15) is 78.9 Å². The molecule has 0 fully saturated rings. The zero-order valence-electron chi connectivity index (χ0n) is 23.9. The Morgan fingerprint density at radius 1 is 0.975 bits per heavy atom. The highest BCUT2D eigenvalue weighted by Crippen LogP contribution is 2.39. The van der Waals surface area contributed by atoms with Crippen LogP contribution in [-0.4, -0.2) is 50.6 Å². The summed E-state index contributed by atoms with van der Waals surface area (Å²) in [7, 11) is 0. The number of pyridine rings is 1. The van der Waals surface area contributed by atoms with Crippen molar-refractivity contribution in [3.63, 3.8) is 0 Å². The van der Waals surface area contributed by atoms with Crippen molar-refractivity contribution in [2.45, 2.75) is 84.8 Å². The average molecular weight is 580 g/mol. The topological polar surface area (TPSA) is 156 Å². The number of benzene rings is 1. The zero-order valence-corrected chi connectivity index (χ0v) is 24.7. The molecule has 3 unspecified atom stereocenters. The van der Waals surface area contributed by atoms with Gasteiger partial charge in [-0.2, -0.15) is 0 Å². The fourth-order valence-electron chi connectivity index (χ4n) is 3.69.